The molecular weight excluding hydrogens is 218 g/mol. The smallest absolute Gasteiger partial charge is 0.119 e. The second kappa shape index (κ2) is 8.84. The molecule has 4 nitrogen and oxygen atoms in total. The van der Waals surface area contributed by atoms with Crippen molar-refractivity contribution in [1.29, 1.82) is 0 Å². The Labute approximate surface area is 103 Å². The van der Waals surface area contributed by atoms with E-state index in [1.54, 1.807) is 0 Å². The SMILES string of the molecule is CCCOc1ccc(OCCOCCN)cc1. The van der Waals surface area contributed by atoms with Gasteiger partial charge in [0.2, 0.25) is 0 Å². The number of rotatable bonds is 9. The van der Waals surface area contributed by atoms with Crippen LogP contribution in [0.1, 0.15) is 13.3 Å². The lowest BCUT2D eigenvalue weighted by molar-refractivity contribution is 0.106. The van der Waals surface area contributed by atoms with Crippen molar-refractivity contribution in [3.05, 3.63) is 24.3 Å². The van der Waals surface area contributed by atoms with Crippen LogP contribution < -0.4 is 15.2 Å². The van der Waals surface area contributed by atoms with Gasteiger partial charge in [0, 0.05) is 6.54 Å². The van der Waals surface area contributed by atoms with Crippen molar-refractivity contribution in [2.75, 3.05) is 33.0 Å². The van der Waals surface area contributed by atoms with Crippen LogP contribution >= 0.6 is 0 Å². The number of hydrogen-bond acceptors (Lipinski definition) is 4. The van der Waals surface area contributed by atoms with E-state index in [0.29, 0.717) is 26.4 Å². The highest BCUT2D eigenvalue weighted by Gasteiger charge is 1.96. The van der Waals surface area contributed by atoms with Crippen molar-refractivity contribution in [2.24, 2.45) is 5.73 Å². The fourth-order valence-electron chi connectivity index (χ4n) is 1.26. The van der Waals surface area contributed by atoms with E-state index in [1.807, 2.05) is 24.3 Å². The maximum absolute atomic E-state index is 5.49. The number of benzene rings is 1. The Morgan fingerprint density at radius 3 is 2.00 bits per heavy atom. The lowest BCUT2D eigenvalue weighted by atomic mass is 10.3. The summed E-state index contributed by atoms with van der Waals surface area (Å²) in [5, 5.41) is 0. The minimum atomic E-state index is 0.537. The summed E-state index contributed by atoms with van der Waals surface area (Å²) >= 11 is 0. The molecule has 0 saturated carbocycles. The summed E-state index contributed by atoms with van der Waals surface area (Å²) in [4.78, 5) is 0. The molecule has 2 N–H and O–H groups in total. The summed E-state index contributed by atoms with van der Waals surface area (Å²) in [5.74, 6) is 1.70. The lowest BCUT2D eigenvalue weighted by Gasteiger charge is -2.08. The molecule has 0 fully saturated rings. The summed E-state index contributed by atoms with van der Waals surface area (Å²) < 4.78 is 16.2. The van der Waals surface area contributed by atoms with Crippen molar-refractivity contribution in [2.45, 2.75) is 13.3 Å². The number of nitrogens with two attached hydrogens (primary N) is 1. The van der Waals surface area contributed by atoms with Crippen LogP contribution in [0, 0.1) is 0 Å². The summed E-state index contributed by atoms with van der Waals surface area (Å²) in [5.41, 5.74) is 5.30. The highest BCUT2D eigenvalue weighted by molar-refractivity contribution is 5.31. The van der Waals surface area contributed by atoms with Crippen molar-refractivity contribution >= 4 is 0 Å². The van der Waals surface area contributed by atoms with Crippen LogP contribution in [0.3, 0.4) is 0 Å². The van der Waals surface area contributed by atoms with Crippen molar-refractivity contribution in [3.63, 3.8) is 0 Å². The zero-order valence-electron chi connectivity index (χ0n) is 10.4. The molecule has 0 spiro atoms. The molecular formula is C13H21NO3. The highest BCUT2D eigenvalue weighted by atomic mass is 16.5. The van der Waals surface area contributed by atoms with Crippen LogP contribution in [-0.4, -0.2) is 33.0 Å². The average Bonchev–Trinajstić information content (AvgIpc) is 2.37. The Bertz CT molecular complexity index is 287. The average molecular weight is 239 g/mol. The molecule has 0 atom stereocenters. The van der Waals surface area contributed by atoms with E-state index in [0.717, 1.165) is 24.5 Å². The van der Waals surface area contributed by atoms with Crippen LogP contribution in [0.5, 0.6) is 11.5 Å². The van der Waals surface area contributed by atoms with Gasteiger partial charge < -0.3 is 19.9 Å². The van der Waals surface area contributed by atoms with Gasteiger partial charge in [0.25, 0.3) is 0 Å². The predicted molar refractivity (Wildman–Crippen MR) is 67.6 cm³/mol. The quantitative estimate of drug-likeness (QED) is 0.668. The molecule has 1 rings (SSSR count). The van der Waals surface area contributed by atoms with E-state index in [1.165, 1.54) is 0 Å². The Kier molecular flexibility index (Phi) is 7.18. The molecule has 0 aliphatic carbocycles. The van der Waals surface area contributed by atoms with Gasteiger partial charge in [0.15, 0.2) is 0 Å². The summed E-state index contributed by atoms with van der Waals surface area (Å²) in [6.45, 7) is 5.04. The van der Waals surface area contributed by atoms with Crippen LogP contribution in [0.4, 0.5) is 0 Å². The van der Waals surface area contributed by atoms with Gasteiger partial charge in [-0.05, 0) is 30.7 Å². The molecule has 17 heavy (non-hydrogen) atoms. The summed E-state index contributed by atoms with van der Waals surface area (Å²) in [7, 11) is 0. The second-order valence-corrected chi connectivity index (χ2v) is 3.57. The van der Waals surface area contributed by atoms with E-state index in [2.05, 4.69) is 6.92 Å². The fourth-order valence-corrected chi connectivity index (χ4v) is 1.26. The lowest BCUT2D eigenvalue weighted by Crippen LogP contribution is -2.13. The van der Waals surface area contributed by atoms with Crippen molar-refractivity contribution < 1.29 is 14.2 Å². The van der Waals surface area contributed by atoms with E-state index in [-0.39, 0.29) is 0 Å². The monoisotopic (exact) mass is 239 g/mol. The van der Waals surface area contributed by atoms with E-state index in [4.69, 9.17) is 19.9 Å². The molecule has 1 aromatic carbocycles. The van der Waals surface area contributed by atoms with E-state index < -0.39 is 0 Å². The van der Waals surface area contributed by atoms with Gasteiger partial charge in [-0.3, -0.25) is 0 Å². The first-order valence-corrected chi connectivity index (χ1v) is 6.00. The zero-order chi connectivity index (χ0) is 12.3. The Balaban J connectivity index is 2.20. The molecule has 0 radical (unpaired) electrons. The Morgan fingerprint density at radius 2 is 1.47 bits per heavy atom. The molecule has 0 aliphatic heterocycles. The summed E-state index contributed by atoms with van der Waals surface area (Å²) in [6, 6.07) is 7.61. The third-order valence-electron chi connectivity index (χ3n) is 2.06. The molecule has 0 heterocycles. The molecule has 0 aromatic heterocycles. The fraction of sp³-hybridized carbons (Fsp3) is 0.538. The molecule has 0 unspecified atom stereocenters. The van der Waals surface area contributed by atoms with Gasteiger partial charge in [-0.25, -0.2) is 0 Å². The molecule has 0 aliphatic rings. The minimum Gasteiger partial charge on any atom is -0.494 e. The molecule has 1 aromatic rings. The van der Waals surface area contributed by atoms with Gasteiger partial charge in [-0.15, -0.1) is 0 Å². The standard InChI is InChI=1S/C13H21NO3/c1-2-8-16-12-3-5-13(6-4-12)17-11-10-15-9-7-14/h3-6H,2,7-11,14H2,1H3. The zero-order valence-corrected chi connectivity index (χ0v) is 10.4. The Morgan fingerprint density at radius 1 is 0.882 bits per heavy atom. The van der Waals surface area contributed by atoms with Crippen molar-refractivity contribution in [3.8, 4) is 11.5 Å². The first-order valence-electron chi connectivity index (χ1n) is 6.00. The first-order chi connectivity index (χ1) is 8.36. The van der Waals surface area contributed by atoms with Gasteiger partial charge in [0.1, 0.15) is 18.1 Å². The molecule has 0 bridgehead atoms. The molecule has 0 amide bonds. The number of ether oxygens (including phenoxy) is 3. The Hall–Kier alpha value is -1.26. The topological polar surface area (TPSA) is 53.7 Å². The predicted octanol–water partition coefficient (Wildman–Crippen LogP) is 1.83. The minimum absolute atomic E-state index is 0.537. The van der Waals surface area contributed by atoms with Crippen LogP contribution in [-0.2, 0) is 4.74 Å². The van der Waals surface area contributed by atoms with Gasteiger partial charge in [0.05, 0.1) is 19.8 Å². The van der Waals surface area contributed by atoms with E-state index in [9.17, 15) is 0 Å². The van der Waals surface area contributed by atoms with Gasteiger partial charge in [-0.2, -0.15) is 0 Å². The molecule has 96 valence electrons. The van der Waals surface area contributed by atoms with Crippen LogP contribution in [0.15, 0.2) is 24.3 Å². The molecule has 4 heteroatoms. The maximum Gasteiger partial charge on any atom is 0.119 e. The largest absolute Gasteiger partial charge is 0.494 e. The normalized spacial score (nSPS) is 10.2. The second-order valence-electron chi connectivity index (χ2n) is 3.57. The van der Waals surface area contributed by atoms with Crippen molar-refractivity contribution in [1.82, 2.24) is 0 Å². The number of hydrogen-bond donors (Lipinski definition) is 1. The van der Waals surface area contributed by atoms with E-state index >= 15 is 0 Å². The third-order valence-corrected chi connectivity index (χ3v) is 2.06. The first kappa shape index (κ1) is 13.8. The highest BCUT2D eigenvalue weighted by Crippen LogP contribution is 2.17. The van der Waals surface area contributed by atoms with Gasteiger partial charge in [-0.1, -0.05) is 6.92 Å². The maximum atomic E-state index is 5.49. The van der Waals surface area contributed by atoms with Gasteiger partial charge >= 0.3 is 0 Å². The summed E-state index contributed by atoms with van der Waals surface area (Å²) in [6.07, 6.45) is 1.01. The van der Waals surface area contributed by atoms with Crippen LogP contribution in [0.2, 0.25) is 0 Å². The third kappa shape index (κ3) is 6.14. The van der Waals surface area contributed by atoms with Crippen LogP contribution in [0.25, 0.3) is 0 Å². The molecule has 0 saturated heterocycles.